The first-order valence-corrected chi connectivity index (χ1v) is 4.85. The minimum absolute atomic E-state index is 0. The van der Waals surface area contributed by atoms with Gasteiger partial charge in [-0.2, -0.15) is 35.9 Å². The van der Waals surface area contributed by atoms with Gasteiger partial charge in [0.1, 0.15) is 6.67 Å². The molecule has 16 heavy (non-hydrogen) atoms. The van der Waals surface area contributed by atoms with Crippen LogP contribution in [0.15, 0.2) is 42.5 Å². The van der Waals surface area contributed by atoms with Crippen LogP contribution in [-0.4, -0.2) is 4.98 Å². The Morgan fingerprint density at radius 2 is 1.88 bits per heavy atom. The van der Waals surface area contributed by atoms with Crippen LogP contribution in [0.4, 0.5) is 4.39 Å². The molecule has 0 unspecified atom stereocenters. The smallest absolute Gasteiger partial charge is 0.131 e. The van der Waals surface area contributed by atoms with Crippen molar-refractivity contribution < 1.29 is 23.9 Å². The summed E-state index contributed by atoms with van der Waals surface area (Å²) >= 11 is 0. The average Bonchev–Trinajstić information content (AvgIpc) is 2.31. The summed E-state index contributed by atoms with van der Waals surface area (Å²) in [4.78, 5) is 4.19. The van der Waals surface area contributed by atoms with E-state index < -0.39 is 6.67 Å². The number of benzene rings is 1. The Balaban J connectivity index is 0.00000128. The van der Waals surface area contributed by atoms with E-state index in [0.29, 0.717) is 12.1 Å². The van der Waals surface area contributed by atoms with Crippen molar-refractivity contribution in [3.63, 3.8) is 0 Å². The molecule has 85 valence electrons. The maximum Gasteiger partial charge on any atom is 0.131 e. The van der Waals surface area contributed by atoms with Crippen LogP contribution in [0.1, 0.15) is 17.0 Å². The Morgan fingerprint density at radius 3 is 2.56 bits per heavy atom. The molecule has 2 aromatic rings. The minimum Gasteiger partial charge on any atom is -0.255 e. The topological polar surface area (TPSA) is 12.9 Å². The van der Waals surface area contributed by atoms with Gasteiger partial charge >= 0.3 is 0 Å². The van der Waals surface area contributed by atoms with Crippen LogP contribution in [0.3, 0.4) is 0 Å². The molecule has 0 amide bonds. The normalized spacial score (nSPS) is 9.56. The van der Waals surface area contributed by atoms with E-state index >= 15 is 0 Å². The summed E-state index contributed by atoms with van der Waals surface area (Å²) in [5.41, 5.74) is 2.44. The first kappa shape index (κ1) is 13.0. The summed E-state index contributed by atoms with van der Waals surface area (Å²) in [6.45, 7) is -0.508. The fourth-order valence-corrected chi connectivity index (χ4v) is 1.44. The van der Waals surface area contributed by atoms with Crippen molar-refractivity contribution in [1.29, 1.82) is 0 Å². The molecule has 0 N–H and O–H groups in total. The van der Waals surface area contributed by atoms with E-state index in [2.05, 4.69) is 11.1 Å². The van der Waals surface area contributed by atoms with Crippen molar-refractivity contribution >= 4 is 0 Å². The summed E-state index contributed by atoms with van der Waals surface area (Å²) in [7, 11) is 0. The van der Waals surface area contributed by atoms with Crippen molar-refractivity contribution in [2.45, 2.75) is 13.1 Å². The van der Waals surface area contributed by atoms with Gasteiger partial charge in [0.15, 0.2) is 0 Å². The molecule has 1 radical (unpaired) electrons. The fourth-order valence-electron chi connectivity index (χ4n) is 1.44. The largest absolute Gasteiger partial charge is 0.255 e. The maximum atomic E-state index is 12.4. The van der Waals surface area contributed by atoms with Crippen molar-refractivity contribution in [1.82, 2.24) is 4.98 Å². The zero-order valence-electron chi connectivity index (χ0n) is 8.61. The third-order valence-electron chi connectivity index (χ3n) is 2.15. The standard InChI is InChI=1S/C13H11FN.Rh/c14-10-13-8-4-7-12(15-13)9-11-5-2-1-3-6-11;/h1-5,7-8H,9-10H2;/q-1;. The number of halogens is 1. The Kier molecular flexibility index (Phi) is 5.27. The maximum absolute atomic E-state index is 12.4. The number of aromatic nitrogens is 1. The molecule has 1 nitrogen and oxygen atoms in total. The van der Waals surface area contributed by atoms with Gasteiger partial charge in [0.25, 0.3) is 0 Å². The van der Waals surface area contributed by atoms with Gasteiger partial charge < -0.3 is 0 Å². The molecular formula is C13H11FNRh-. The number of rotatable bonds is 3. The van der Waals surface area contributed by atoms with E-state index in [9.17, 15) is 4.39 Å². The number of alkyl halides is 1. The van der Waals surface area contributed by atoms with Crippen LogP contribution in [0.2, 0.25) is 0 Å². The zero-order chi connectivity index (χ0) is 10.5. The molecule has 0 saturated heterocycles. The third kappa shape index (κ3) is 3.50. The predicted molar refractivity (Wildman–Crippen MR) is 57.1 cm³/mol. The van der Waals surface area contributed by atoms with Crippen LogP contribution in [0.5, 0.6) is 0 Å². The van der Waals surface area contributed by atoms with Crippen molar-refractivity contribution in [2.24, 2.45) is 0 Å². The van der Waals surface area contributed by atoms with Crippen LogP contribution < -0.4 is 0 Å². The second-order valence-electron chi connectivity index (χ2n) is 3.32. The Hall–Kier alpha value is -1.08. The Morgan fingerprint density at radius 1 is 1.06 bits per heavy atom. The monoisotopic (exact) mass is 303 g/mol. The molecular weight excluding hydrogens is 292 g/mol. The quantitative estimate of drug-likeness (QED) is 0.627. The van der Waals surface area contributed by atoms with Gasteiger partial charge in [-0.1, -0.05) is 6.07 Å². The molecule has 1 aromatic carbocycles. The van der Waals surface area contributed by atoms with E-state index in [1.807, 2.05) is 36.4 Å². The fraction of sp³-hybridized carbons (Fsp3) is 0.154. The molecule has 1 heterocycles. The Bertz CT molecular complexity index is 431. The van der Waals surface area contributed by atoms with Crippen molar-refractivity contribution in [3.8, 4) is 0 Å². The van der Waals surface area contributed by atoms with Crippen LogP contribution in [0, 0.1) is 6.07 Å². The third-order valence-corrected chi connectivity index (χ3v) is 2.15. The van der Waals surface area contributed by atoms with Gasteiger partial charge in [-0.3, -0.25) is 4.98 Å². The SMILES string of the molecule is FCc1cccc(Cc2[c-]cccc2)n1.[Rh]. The minimum atomic E-state index is -0.508. The molecule has 0 aliphatic carbocycles. The second kappa shape index (κ2) is 6.49. The van der Waals surface area contributed by atoms with Crippen LogP contribution >= 0.6 is 0 Å². The van der Waals surface area contributed by atoms with Gasteiger partial charge in [0.2, 0.25) is 0 Å². The molecule has 2 rings (SSSR count). The summed E-state index contributed by atoms with van der Waals surface area (Å²) in [5.74, 6) is 0. The van der Waals surface area contributed by atoms with E-state index in [1.54, 1.807) is 6.07 Å². The first-order valence-electron chi connectivity index (χ1n) is 4.85. The van der Waals surface area contributed by atoms with E-state index in [4.69, 9.17) is 0 Å². The molecule has 0 aliphatic rings. The van der Waals surface area contributed by atoms with Gasteiger partial charge in [-0.25, -0.2) is 4.39 Å². The molecule has 0 aliphatic heterocycles. The van der Waals surface area contributed by atoms with Crippen molar-refractivity contribution in [3.05, 3.63) is 65.5 Å². The molecule has 0 saturated carbocycles. The van der Waals surface area contributed by atoms with E-state index in [1.165, 1.54) is 0 Å². The number of hydrogen-bond acceptors (Lipinski definition) is 1. The van der Waals surface area contributed by atoms with E-state index in [-0.39, 0.29) is 19.5 Å². The van der Waals surface area contributed by atoms with Gasteiger partial charge in [0, 0.05) is 25.2 Å². The van der Waals surface area contributed by atoms with Gasteiger partial charge in [0.05, 0.1) is 5.69 Å². The summed E-state index contributed by atoms with van der Waals surface area (Å²) in [5, 5.41) is 0. The first-order chi connectivity index (χ1) is 7.38. The Labute approximate surface area is 107 Å². The molecule has 0 fully saturated rings. The molecule has 0 spiro atoms. The predicted octanol–water partition coefficient (Wildman–Crippen LogP) is 2.94. The number of pyridine rings is 1. The summed E-state index contributed by atoms with van der Waals surface area (Å²) < 4.78 is 12.4. The molecule has 3 heteroatoms. The van der Waals surface area contributed by atoms with Crippen molar-refractivity contribution in [2.75, 3.05) is 0 Å². The van der Waals surface area contributed by atoms with Gasteiger partial charge in [-0.15, -0.1) is 0 Å². The zero-order valence-corrected chi connectivity index (χ0v) is 10.3. The number of hydrogen-bond donors (Lipinski definition) is 0. The van der Waals surface area contributed by atoms with Crippen LogP contribution in [-0.2, 0) is 32.6 Å². The molecule has 0 bridgehead atoms. The summed E-state index contributed by atoms with van der Waals surface area (Å²) in [6, 6.07) is 16.3. The molecule has 1 aromatic heterocycles. The number of nitrogens with zero attached hydrogens (tertiary/aromatic N) is 1. The summed E-state index contributed by atoms with van der Waals surface area (Å²) in [6.07, 6.45) is 0.703. The van der Waals surface area contributed by atoms with Crippen LogP contribution in [0.25, 0.3) is 0 Å². The second-order valence-corrected chi connectivity index (χ2v) is 3.32. The van der Waals surface area contributed by atoms with Gasteiger partial charge in [-0.05, 0) is 18.6 Å². The van der Waals surface area contributed by atoms with E-state index in [0.717, 1.165) is 11.3 Å². The average molecular weight is 303 g/mol. The molecule has 0 atom stereocenters.